The van der Waals surface area contributed by atoms with Gasteiger partial charge in [0.25, 0.3) is 0 Å². The maximum atomic E-state index is 6.18. The largest absolute Gasteiger partial charge is 0.273 e. The Morgan fingerprint density at radius 2 is 1.85 bits per heavy atom. The van der Waals surface area contributed by atoms with Crippen LogP contribution in [0.25, 0.3) is 0 Å². The van der Waals surface area contributed by atoms with Crippen molar-refractivity contribution < 1.29 is 4.84 Å². The SMILES string of the molecule is CC(C)(Cl)C1ON1C1CCCCC1. The van der Waals surface area contributed by atoms with E-state index in [0.717, 1.165) is 0 Å². The molecule has 1 heterocycles. The first-order valence-electron chi connectivity index (χ1n) is 5.23. The molecule has 1 saturated carbocycles. The van der Waals surface area contributed by atoms with Crippen LogP contribution in [0.4, 0.5) is 0 Å². The fraction of sp³-hybridized carbons (Fsp3) is 1.00. The predicted octanol–water partition coefficient (Wildman–Crippen LogP) is 2.91. The van der Waals surface area contributed by atoms with Crippen LogP contribution in [0.2, 0.25) is 0 Å². The van der Waals surface area contributed by atoms with Crippen LogP contribution in [0.15, 0.2) is 0 Å². The van der Waals surface area contributed by atoms with Gasteiger partial charge in [-0.2, -0.15) is 5.06 Å². The summed E-state index contributed by atoms with van der Waals surface area (Å²) in [4.78, 5) is 5.28. The maximum Gasteiger partial charge on any atom is 0.173 e. The molecule has 2 nitrogen and oxygen atoms in total. The average Bonchev–Trinajstić information content (AvgIpc) is 2.83. The molecule has 0 N–H and O–H groups in total. The van der Waals surface area contributed by atoms with E-state index in [1.165, 1.54) is 32.1 Å². The normalized spacial score (nSPS) is 36.2. The Labute approximate surface area is 85.1 Å². The zero-order valence-electron chi connectivity index (χ0n) is 8.42. The molecule has 76 valence electrons. The predicted molar refractivity (Wildman–Crippen MR) is 53.5 cm³/mol. The highest BCUT2D eigenvalue weighted by atomic mass is 35.5. The van der Waals surface area contributed by atoms with Gasteiger partial charge in [0.05, 0.1) is 4.87 Å². The molecule has 1 saturated heterocycles. The zero-order valence-corrected chi connectivity index (χ0v) is 9.18. The third-order valence-corrected chi connectivity index (χ3v) is 3.12. The second-order valence-corrected chi connectivity index (χ2v) is 5.65. The Morgan fingerprint density at radius 1 is 1.23 bits per heavy atom. The van der Waals surface area contributed by atoms with Crippen LogP contribution in [-0.2, 0) is 4.84 Å². The van der Waals surface area contributed by atoms with Crippen molar-refractivity contribution in [3.05, 3.63) is 0 Å². The summed E-state index contributed by atoms with van der Waals surface area (Å²) >= 11 is 6.18. The molecule has 2 atom stereocenters. The number of halogens is 1. The van der Waals surface area contributed by atoms with E-state index in [4.69, 9.17) is 16.4 Å². The lowest BCUT2D eigenvalue weighted by Crippen LogP contribution is -2.30. The summed E-state index contributed by atoms with van der Waals surface area (Å²) in [6.07, 6.45) is 6.80. The zero-order chi connectivity index (χ0) is 9.47. The molecule has 13 heavy (non-hydrogen) atoms. The number of hydrogen-bond donors (Lipinski definition) is 0. The van der Waals surface area contributed by atoms with E-state index >= 15 is 0 Å². The number of rotatable bonds is 2. The topological polar surface area (TPSA) is 15.5 Å². The summed E-state index contributed by atoms with van der Waals surface area (Å²) in [5.41, 5.74) is 0. The van der Waals surface area contributed by atoms with E-state index in [-0.39, 0.29) is 11.1 Å². The summed E-state index contributed by atoms with van der Waals surface area (Å²) in [5.74, 6) is 0. The first-order valence-corrected chi connectivity index (χ1v) is 5.61. The third-order valence-electron chi connectivity index (χ3n) is 2.93. The quantitative estimate of drug-likeness (QED) is 0.507. The molecular weight excluding hydrogens is 186 g/mol. The van der Waals surface area contributed by atoms with Crippen LogP contribution < -0.4 is 0 Å². The summed E-state index contributed by atoms with van der Waals surface area (Å²) in [5, 5.41) is 2.10. The van der Waals surface area contributed by atoms with Crippen LogP contribution in [0.3, 0.4) is 0 Å². The summed E-state index contributed by atoms with van der Waals surface area (Å²) < 4.78 is 0. The van der Waals surface area contributed by atoms with Gasteiger partial charge in [-0.15, -0.1) is 11.6 Å². The van der Waals surface area contributed by atoms with Crippen molar-refractivity contribution in [1.82, 2.24) is 5.06 Å². The monoisotopic (exact) mass is 203 g/mol. The van der Waals surface area contributed by atoms with Crippen LogP contribution in [-0.4, -0.2) is 22.2 Å². The highest BCUT2D eigenvalue weighted by molar-refractivity contribution is 6.23. The lowest BCUT2D eigenvalue weighted by Gasteiger charge is -2.22. The minimum Gasteiger partial charge on any atom is -0.273 e. The lowest BCUT2D eigenvalue weighted by molar-refractivity contribution is 0.119. The van der Waals surface area contributed by atoms with Gasteiger partial charge in [-0.25, -0.2) is 0 Å². The molecule has 3 heteroatoms. The molecule has 0 spiro atoms. The van der Waals surface area contributed by atoms with Gasteiger partial charge < -0.3 is 0 Å². The molecule has 2 rings (SSSR count). The van der Waals surface area contributed by atoms with Gasteiger partial charge in [-0.05, 0) is 26.7 Å². The van der Waals surface area contributed by atoms with Crippen molar-refractivity contribution >= 4 is 11.6 Å². The van der Waals surface area contributed by atoms with Gasteiger partial charge in [0.15, 0.2) is 6.23 Å². The molecule has 1 aliphatic heterocycles. The lowest BCUT2D eigenvalue weighted by atomic mass is 9.95. The van der Waals surface area contributed by atoms with E-state index in [1.807, 2.05) is 13.8 Å². The van der Waals surface area contributed by atoms with E-state index in [2.05, 4.69) is 5.06 Å². The third kappa shape index (κ3) is 2.17. The molecule has 0 radical (unpaired) electrons. The van der Waals surface area contributed by atoms with Gasteiger partial charge in [0.2, 0.25) is 0 Å². The molecule has 0 aromatic rings. The van der Waals surface area contributed by atoms with Gasteiger partial charge in [0.1, 0.15) is 0 Å². The maximum absolute atomic E-state index is 6.18. The highest BCUT2D eigenvalue weighted by Crippen LogP contribution is 2.40. The minimum absolute atomic E-state index is 0.150. The van der Waals surface area contributed by atoms with Crippen molar-refractivity contribution in [2.45, 2.75) is 63.1 Å². The Kier molecular flexibility index (Phi) is 2.56. The standard InChI is InChI=1S/C10H18ClNO/c1-10(2,11)9-12(13-9)8-6-4-3-5-7-8/h8-9H,3-7H2,1-2H3. The Morgan fingerprint density at radius 3 is 2.31 bits per heavy atom. The molecule has 0 aromatic carbocycles. The van der Waals surface area contributed by atoms with Crippen LogP contribution in [0, 0.1) is 0 Å². The smallest absolute Gasteiger partial charge is 0.173 e. The molecule has 2 fully saturated rings. The molecule has 1 aliphatic carbocycles. The number of alkyl halides is 1. The first-order chi connectivity index (χ1) is 6.09. The molecule has 2 unspecified atom stereocenters. The molecule has 2 aliphatic rings. The second kappa shape index (κ2) is 3.41. The van der Waals surface area contributed by atoms with Crippen LogP contribution in [0.5, 0.6) is 0 Å². The molecule has 0 bridgehead atoms. The van der Waals surface area contributed by atoms with Gasteiger partial charge >= 0.3 is 0 Å². The van der Waals surface area contributed by atoms with E-state index in [9.17, 15) is 0 Å². The number of hydroxylamine groups is 2. The Hall–Kier alpha value is 0.210. The Bertz CT molecular complexity index is 184. The van der Waals surface area contributed by atoms with Crippen LogP contribution in [0.1, 0.15) is 46.0 Å². The van der Waals surface area contributed by atoms with Crippen molar-refractivity contribution in [2.75, 3.05) is 0 Å². The number of nitrogens with zero attached hydrogens (tertiary/aromatic N) is 1. The Balaban J connectivity index is 1.84. The van der Waals surface area contributed by atoms with E-state index in [0.29, 0.717) is 6.04 Å². The molecular formula is C10H18ClNO. The summed E-state index contributed by atoms with van der Waals surface area (Å²) in [6.45, 7) is 4.03. The van der Waals surface area contributed by atoms with Gasteiger partial charge in [0, 0.05) is 6.04 Å². The second-order valence-electron chi connectivity index (χ2n) is 4.67. The molecule has 0 amide bonds. The number of hydrogen-bond acceptors (Lipinski definition) is 2. The summed E-state index contributed by atoms with van der Waals surface area (Å²) in [6, 6.07) is 0.636. The summed E-state index contributed by atoms with van der Waals surface area (Å²) in [7, 11) is 0. The van der Waals surface area contributed by atoms with Crippen molar-refractivity contribution in [3.8, 4) is 0 Å². The van der Waals surface area contributed by atoms with E-state index < -0.39 is 0 Å². The first kappa shape index (κ1) is 9.75. The van der Waals surface area contributed by atoms with Crippen molar-refractivity contribution in [2.24, 2.45) is 0 Å². The van der Waals surface area contributed by atoms with Gasteiger partial charge in [-0.1, -0.05) is 19.3 Å². The minimum atomic E-state index is -0.239. The fourth-order valence-corrected chi connectivity index (χ4v) is 2.27. The van der Waals surface area contributed by atoms with Gasteiger partial charge in [-0.3, -0.25) is 4.84 Å². The van der Waals surface area contributed by atoms with Crippen LogP contribution >= 0.6 is 11.6 Å². The van der Waals surface area contributed by atoms with E-state index in [1.54, 1.807) is 0 Å². The molecule has 0 aromatic heterocycles. The highest BCUT2D eigenvalue weighted by Gasteiger charge is 2.50. The van der Waals surface area contributed by atoms with Crippen molar-refractivity contribution in [1.29, 1.82) is 0 Å². The fourth-order valence-electron chi connectivity index (χ4n) is 2.13. The average molecular weight is 204 g/mol. The van der Waals surface area contributed by atoms with Crippen molar-refractivity contribution in [3.63, 3.8) is 0 Å².